The van der Waals surface area contributed by atoms with Crippen LogP contribution in [-0.2, 0) is 18.9 Å². The largest absolute Gasteiger partial charge is 0.459 e. The summed E-state index contributed by atoms with van der Waals surface area (Å²) in [6, 6.07) is 14.2. The molecule has 0 aliphatic carbocycles. The van der Waals surface area contributed by atoms with E-state index in [0.717, 1.165) is 11.1 Å². The number of rotatable bonds is 6. The highest BCUT2D eigenvalue weighted by Crippen LogP contribution is 2.25. The second-order valence-corrected chi connectivity index (χ2v) is 6.85. The van der Waals surface area contributed by atoms with Gasteiger partial charge in [0.15, 0.2) is 6.29 Å². The number of hydrogen-bond acceptors (Lipinski definition) is 6. The quantitative estimate of drug-likeness (QED) is 0.711. The molecule has 0 saturated carbocycles. The molecule has 1 fully saturated rings. The first-order valence-corrected chi connectivity index (χ1v) is 9.16. The van der Waals surface area contributed by atoms with E-state index in [4.69, 9.17) is 18.9 Å². The molecule has 3 atom stereocenters. The highest BCUT2D eigenvalue weighted by atomic mass is 16.7. The number of esters is 2. The summed E-state index contributed by atoms with van der Waals surface area (Å²) < 4.78 is 21.9. The van der Waals surface area contributed by atoms with E-state index in [1.807, 2.05) is 38.1 Å². The van der Waals surface area contributed by atoms with Crippen molar-refractivity contribution in [2.45, 2.75) is 38.8 Å². The molecule has 148 valence electrons. The van der Waals surface area contributed by atoms with Crippen molar-refractivity contribution in [1.82, 2.24) is 0 Å². The minimum Gasteiger partial charge on any atom is -0.459 e. The Hall–Kier alpha value is -2.70. The zero-order valence-corrected chi connectivity index (χ0v) is 16.2. The first-order valence-electron chi connectivity index (χ1n) is 9.16. The first kappa shape index (κ1) is 20.0. The van der Waals surface area contributed by atoms with E-state index >= 15 is 0 Å². The fourth-order valence-electron chi connectivity index (χ4n) is 2.93. The van der Waals surface area contributed by atoms with Crippen LogP contribution in [0.1, 0.15) is 38.3 Å². The summed E-state index contributed by atoms with van der Waals surface area (Å²) in [6.45, 7) is 3.86. The lowest BCUT2D eigenvalue weighted by Crippen LogP contribution is -2.32. The van der Waals surface area contributed by atoms with Crippen LogP contribution < -0.4 is 0 Å². The van der Waals surface area contributed by atoms with E-state index < -0.39 is 30.4 Å². The average Bonchev–Trinajstić information content (AvgIpc) is 3.09. The lowest BCUT2D eigenvalue weighted by Gasteiger charge is -2.19. The normalized spacial score (nSPS) is 21.3. The molecule has 0 unspecified atom stereocenters. The van der Waals surface area contributed by atoms with E-state index in [0.29, 0.717) is 17.5 Å². The van der Waals surface area contributed by atoms with Gasteiger partial charge in [0.2, 0.25) is 0 Å². The molecule has 0 radical (unpaired) electrons. The molecule has 0 bridgehead atoms. The zero-order chi connectivity index (χ0) is 20.1. The van der Waals surface area contributed by atoms with E-state index in [2.05, 4.69) is 0 Å². The molecule has 0 amide bonds. The van der Waals surface area contributed by atoms with Gasteiger partial charge in [-0.1, -0.05) is 35.4 Å². The molecule has 2 aromatic rings. The third kappa shape index (κ3) is 4.97. The number of aryl methyl sites for hydroxylation is 2. The molecule has 0 N–H and O–H groups in total. The molecule has 28 heavy (non-hydrogen) atoms. The summed E-state index contributed by atoms with van der Waals surface area (Å²) in [5, 5.41) is 0. The maximum absolute atomic E-state index is 12.4. The molecule has 0 aromatic heterocycles. The number of ether oxygens (including phenoxy) is 4. The lowest BCUT2D eigenvalue weighted by molar-refractivity contribution is -0.128. The molecule has 0 spiro atoms. The molecule has 3 rings (SSSR count). The van der Waals surface area contributed by atoms with Gasteiger partial charge in [-0.25, -0.2) is 9.59 Å². The van der Waals surface area contributed by atoms with Crippen molar-refractivity contribution in [1.29, 1.82) is 0 Å². The molecule has 6 nitrogen and oxygen atoms in total. The van der Waals surface area contributed by atoms with Crippen LogP contribution in [0.4, 0.5) is 0 Å². The van der Waals surface area contributed by atoms with Gasteiger partial charge in [-0.05, 0) is 38.1 Å². The Balaban J connectivity index is 1.61. The number of carbonyl (C=O) groups excluding carboxylic acids is 2. The Bertz CT molecular complexity index is 812. The van der Waals surface area contributed by atoms with Crippen LogP contribution in [-0.4, -0.2) is 44.2 Å². The molecule has 1 aliphatic rings. The Labute approximate surface area is 164 Å². The fraction of sp³-hybridized carbons (Fsp3) is 0.364. The van der Waals surface area contributed by atoms with Crippen molar-refractivity contribution in [3.05, 3.63) is 70.8 Å². The number of benzene rings is 2. The van der Waals surface area contributed by atoms with Crippen molar-refractivity contribution in [2.75, 3.05) is 13.7 Å². The molecule has 1 aliphatic heterocycles. The van der Waals surface area contributed by atoms with Crippen molar-refractivity contribution in [2.24, 2.45) is 0 Å². The van der Waals surface area contributed by atoms with Gasteiger partial charge in [0.1, 0.15) is 18.8 Å². The van der Waals surface area contributed by atoms with Gasteiger partial charge >= 0.3 is 11.9 Å². The van der Waals surface area contributed by atoms with Crippen LogP contribution in [0.15, 0.2) is 48.5 Å². The highest BCUT2D eigenvalue weighted by molar-refractivity contribution is 5.90. The maximum Gasteiger partial charge on any atom is 0.338 e. The Morgan fingerprint density at radius 1 is 0.929 bits per heavy atom. The lowest BCUT2D eigenvalue weighted by atomic mass is 10.1. The van der Waals surface area contributed by atoms with Gasteiger partial charge < -0.3 is 18.9 Å². The third-order valence-electron chi connectivity index (χ3n) is 4.64. The fourth-order valence-corrected chi connectivity index (χ4v) is 2.93. The number of methoxy groups -OCH3 is 1. The van der Waals surface area contributed by atoms with Gasteiger partial charge in [-0.3, -0.25) is 0 Å². The topological polar surface area (TPSA) is 71.1 Å². The first-order chi connectivity index (χ1) is 13.5. The summed E-state index contributed by atoms with van der Waals surface area (Å²) in [5.74, 6) is -0.895. The second kappa shape index (κ2) is 8.99. The summed E-state index contributed by atoms with van der Waals surface area (Å²) in [5.41, 5.74) is 3.03. The molecule has 1 heterocycles. The van der Waals surface area contributed by atoms with Crippen LogP contribution in [0.3, 0.4) is 0 Å². The standard InChI is InChI=1S/C22H24O6/c1-14-4-8-16(9-5-14)21(23)26-13-19-18(12-20(25-3)27-19)28-22(24)17-10-6-15(2)7-11-17/h4-11,18-20H,12-13H2,1-3H3/t18-,19-,20-/m1/s1. The Kier molecular flexibility index (Phi) is 6.44. The predicted octanol–water partition coefficient (Wildman–Crippen LogP) is 3.45. The molecule has 2 aromatic carbocycles. The van der Waals surface area contributed by atoms with Gasteiger partial charge in [0.05, 0.1) is 11.1 Å². The molecular weight excluding hydrogens is 360 g/mol. The summed E-state index contributed by atoms with van der Waals surface area (Å²) in [6.07, 6.45) is -1.29. The second-order valence-electron chi connectivity index (χ2n) is 6.85. The molecule has 6 heteroatoms. The van der Waals surface area contributed by atoms with Crippen LogP contribution in [0.25, 0.3) is 0 Å². The molecular formula is C22H24O6. The van der Waals surface area contributed by atoms with Crippen LogP contribution >= 0.6 is 0 Å². The van der Waals surface area contributed by atoms with Crippen molar-refractivity contribution >= 4 is 11.9 Å². The van der Waals surface area contributed by atoms with Gasteiger partial charge in [0, 0.05) is 13.5 Å². The van der Waals surface area contributed by atoms with Crippen LogP contribution in [0.2, 0.25) is 0 Å². The maximum atomic E-state index is 12.4. The summed E-state index contributed by atoms with van der Waals surface area (Å²) in [4.78, 5) is 24.6. The van der Waals surface area contributed by atoms with Crippen molar-refractivity contribution in [3.63, 3.8) is 0 Å². The molecule has 1 saturated heterocycles. The minimum atomic E-state index is -0.589. The van der Waals surface area contributed by atoms with Crippen LogP contribution in [0.5, 0.6) is 0 Å². The smallest absolute Gasteiger partial charge is 0.338 e. The minimum absolute atomic E-state index is 0.0294. The Morgan fingerprint density at radius 3 is 2.00 bits per heavy atom. The van der Waals surface area contributed by atoms with E-state index in [-0.39, 0.29) is 6.61 Å². The van der Waals surface area contributed by atoms with E-state index in [1.165, 1.54) is 7.11 Å². The van der Waals surface area contributed by atoms with E-state index in [1.54, 1.807) is 24.3 Å². The van der Waals surface area contributed by atoms with Gasteiger partial charge in [-0.15, -0.1) is 0 Å². The van der Waals surface area contributed by atoms with Gasteiger partial charge in [-0.2, -0.15) is 0 Å². The summed E-state index contributed by atoms with van der Waals surface area (Å²) >= 11 is 0. The SMILES string of the molecule is CO[C@H]1C[C@@H](OC(=O)c2ccc(C)cc2)[C@@H](COC(=O)c2ccc(C)cc2)O1. The monoisotopic (exact) mass is 384 g/mol. The zero-order valence-electron chi connectivity index (χ0n) is 16.2. The van der Waals surface area contributed by atoms with E-state index in [9.17, 15) is 9.59 Å². The van der Waals surface area contributed by atoms with Crippen molar-refractivity contribution in [3.8, 4) is 0 Å². The third-order valence-corrected chi connectivity index (χ3v) is 4.64. The average molecular weight is 384 g/mol. The number of hydrogen-bond donors (Lipinski definition) is 0. The highest BCUT2D eigenvalue weighted by Gasteiger charge is 2.39. The predicted molar refractivity (Wildman–Crippen MR) is 102 cm³/mol. The summed E-state index contributed by atoms with van der Waals surface area (Å²) in [7, 11) is 1.52. The van der Waals surface area contributed by atoms with Gasteiger partial charge in [0.25, 0.3) is 0 Å². The number of carbonyl (C=O) groups is 2. The Morgan fingerprint density at radius 2 is 1.46 bits per heavy atom. The van der Waals surface area contributed by atoms with Crippen molar-refractivity contribution < 1.29 is 28.5 Å². The van der Waals surface area contributed by atoms with Crippen LogP contribution in [0, 0.1) is 13.8 Å².